The van der Waals surface area contributed by atoms with Gasteiger partial charge in [-0.1, -0.05) is 19.6 Å². The van der Waals surface area contributed by atoms with Crippen LogP contribution in [0, 0.1) is 0 Å². The number of hydrogen-bond acceptors (Lipinski definition) is 2. The van der Waals surface area contributed by atoms with E-state index >= 15 is 0 Å². The Balaban J connectivity index is 1.67. The maximum Gasteiger partial charge on any atom is 0.264 e. The summed E-state index contributed by atoms with van der Waals surface area (Å²) in [6.07, 6.45) is 4.58. The third-order valence-corrected chi connectivity index (χ3v) is 6.31. The van der Waals surface area contributed by atoms with Crippen LogP contribution in [0.1, 0.15) is 53.6 Å². The van der Waals surface area contributed by atoms with Crippen molar-refractivity contribution < 1.29 is 13.5 Å². The van der Waals surface area contributed by atoms with E-state index in [1.165, 1.54) is 11.1 Å². The van der Waals surface area contributed by atoms with Gasteiger partial charge in [0.15, 0.2) is 0 Å². The summed E-state index contributed by atoms with van der Waals surface area (Å²) in [4.78, 5) is 5.52. The minimum atomic E-state index is -2.45. The zero-order chi connectivity index (χ0) is 21.3. The van der Waals surface area contributed by atoms with Gasteiger partial charge in [-0.25, -0.2) is 8.78 Å². The van der Waals surface area contributed by atoms with Gasteiger partial charge in [0.2, 0.25) is 0 Å². The minimum absolute atomic E-state index is 0.0465. The first-order valence-electron chi connectivity index (χ1n) is 10.5. The van der Waals surface area contributed by atoms with Crippen LogP contribution in [0.4, 0.5) is 8.78 Å². The Kier molecular flexibility index (Phi) is 5.80. The molecule has 1 N–H and O–H groups in total. The van der Waals surface area contributed by atoms with Gasteiger partial charge in [0, 0.05) is 29.2 Å². The van der Waals surface area contributed by atoms with Gasteiger partial charge in [-0.3, -0.25) is 0 Å². The Hall–Kier alpha value is -2.82. The summed E-state index contributed by atoms with van der Waals surface area (Å²) >= 11 is 0. The fourth-order valence-electron chi connectivity index (χ4n) is 4.67. The molecule has 0 amide bonds. The summed E-state index contributed by atoms with van der Waals surface area (Å²) in [7, 11) is 1.67. The van der Waals surface area contributed by atoms with Gasteiger partial charge in [-0.2, -0.15) is 0 Å². The average Bonchev–Trinajstić information content (AvgIpc) is 3.18. The highest BCUT2D eigenvalue weighted by Crippen LogP contribution is 2.38. The number of alkyl halides is 2. The van der Waals surface area contributed by atoms with Crippen molar-refractivity contribution in [3.05, 3.63) is 77.1 Å². The average molecular weight is 411 g/mol. The maximum absolute atomic E-state index is 13.7. The van der Waals surface area contributed by atoms with E-state index in [2.05, 4.69) is 16.5 Å². The number of aromatic nitrogens is 1. The van der Waals surface area contributed by atoms with Gasteiger partial charge in [0.25, 0.3) is 6.43 Å². The number of hydrogen-bond donors (Lipinski definition) is 1. The predicted molar refractivity (Wildman–Crippen MR) is 117 cm³/mol. The lowest BCUT2D eigenvalue weighted by Gasteiger charge is -2.37. The van der Waals surface area contributed by atoms with Crippen molar-refractivity contribution in [3.8, 4) is 5.75 Å². The fraction of sp³-hybridized carbons (Fsp3) is 0.360. The first-order valence-corrected chi connectivity index (χ1v) is 10.5. The number of nitrogens with zero attached hydrogens (tertiary/aromatic N) is 1. The minimum Gasteiger partial charge on any atom is -0.497 e. The number of fused-ring (bicyclic) bond motifs is 2. The van der Waals surface area contributed by atoms with Crippen LogP contribution >= 0.6 is 0 Å². The van der Waals surface area contributed by atoms with Crippen LogP contribution in [0.25, 0.3) is 10.9 Å². The maximum atomic E-state index is 13.7. The van der Waals surface area contributed by atoms with Crippen LogP contribution in [0.15, 0.2) is 49.3 Å². The predicted octanol–water partition coefficient (Wildman–Crippen LogP) is 6.35. The number of benzene rings is 2. The summed E-state index contributed by atoms with van der Waals surface area (Å²) in [6.45, 7) is 6.77. The molecular weight excluding hydrogens is 382 g/mol. The van der Waals surface area contributed by atoms with Crippen LogP contribution in [0.2, 0.25) is 0 Å². The molecule has 0 spiro atoms. The van der Waals surface area contributed by atoms with Crippen LogP contribution < -0.4 is 4.74 Å². The van der Waals surface area contributed by atoms with Crippen molar-refractivity contribution in [3.63, 3.8) is 0 Å². The molecule has 158 valence electrons. The molecule has 2 aromatic carbocycles. The van der Waals surface area contributed by atoms with Gasteiger partial charge in [-0.15, -0.1) is 0 Å². The monoisotopic (exact) mass is 410 g/mol. The van der Waals surface area contributed by atoms with E-state index in [-0.39, 0.29) is 11.6 Å². The van der Waals surface area contributed by atoms with Gasteiger partial charge in [-0.05, 0) is 78.4 Å². The number of methoxy groups -OCH3 is 1. The second kappa shape index (κ2) is 8.50. The van der Waals surface area contributed by atoms with Crippen LogP contribution in [-0.2, 0) is 19.3 Å². The smallest absolute Gasteiger partial charge is 0.264 e. The molecular formula is C25H28F2N2O. The van der Waals surface area contributed by atoms with Crippen molar-refractivity contribution >= 4 is 10.9 Å². The lowest BCUT2D eigenvalue weighted by molar-refractivity contribution is 0.149. The largest absolute Gasteiger partial charge is 0.497 e. The third kappa shape index (κ3) is 3.69. The third-order valence-electron chi connectivity index (χ3n) is 6.31. The Morgan fingerprint density at radius 2 is 2.10 bits per heavy atom. The highest BCUT2D eigenvalue weighted by molar-refractivity contribution is 5.84. The number of H-pyrrole nitrogens is 1. The zero-order valence-electron chi connectivity index (χ0n) is 17.6. The molecule has 0 bridgehead atoms. The molecule has 2 heterocycles. The van der Waals surface area contributed by atoms with Crippen LogP contribution in [0.5, 0.6) is 5.75 Å². The van der Waals surface area contributed by atoms with Gasteiger partial charge < -0.3 is 14.6 Å². The molecule has 1 aliphatic rings. The molecule has 30 heavy (non-hydrogen) atoms. The molecule has 1 unspecified atom stereocenters. The molecule has 0 fully saturated rings. The van der Waals surface area contributed by atoms with Gasteiger partial charge in [0.05, 0.1) is 13.2 Å². The normalized spacial score (nSPS) is 16.2. The van der Waals surface area contributed by atoms with Crippen molar-refractivity contribution in [2.75, 3.05) is 13.7 Å². The lowest BCUT2D eigenvalue weighted by Crippen LogP contribution is -2.32. The van der Waals surface area contributed by atoms with E-state index in [0.29, 0.717) is 6.42 Å². The quantitative estimate of drug-likeness (QED) is 0.491. The number of ether oxygens (including phenoxy) is 1. The summed E-state index contributed by atoms with van der Waals surface area (Å²) in [6, 6.07) is 9.80. The van der Waals surface area contributed by atoms with E-state index in [9.17, 15) is 8.78 Å². The SMILES string of the molecule is C=CN1CCc2cc(CC)c(C(F)F)cc2C1CCc1c[nH]c2ccc(OC)cc12. The molecule has 0 saturated heterocycles. The summed E-state index contributed by atoms with van der Waals surface area (Å²) < 4.78 is 32.8. The van der Waals surface area contributed by atoms with Crippen molar-refractivity contribution in [1.29, 1.82) is 0 Å². The molecule has 1 atom stereocenters. The number of nitrogens with one attached hydrogen (secondary N) is 1. The molecule has 1 aromatic heterocycles. The summed E-state index contributed by atoms with van der Waals surface area (Å²) in [5.74, 6) is 0.827. The van der Waals surface area contributed by atoms with Crippen molar-refractivity contribution in [1.82, 2.24) is 9.88 Å². The van der Waals surface area contributed by atoms with E-state index in [1.54, 1.807) is 13.2 Å². The second-order valence-electron chi connectivity index (χ2n) is 7.85. The van der Waals surface area contributed by atoms with E-state index in [4.69, 9.17) is 4.74 Å². The highest BCUT2D eigenvalue weighted by atomic mass is 19.3. The molecule has 0 radical (unpaired) electrons. The first-order chi connectivity index (χ1) is 14.5. The van der Waals surface area contributed by atoms with E-state index in [0.717, 1.165) is 53.6 Å². The Bertz CT molecular complexity index is 1060. The molecule has 3 aromatic rings. The Labute approximate surface area is 176 Å². The number of aryl methyl sites for hydroxylation is 2. The van der Waals surface area contributed by atoms with Crippen LogP contribution in [-0.4, -0.2) is 23.5 Å². The molecule has 4 rings (SSSR count). The molecule has 5 heteroatoms. The molecule has 0 aliphatic carbocycles. The topological polar surface area (TPSA) is 28.3 Å². The molecule has 3 nitrogen and oxygen atoms in total. The Morgan fingerprint density at radius 3 is 2.80 bits per heavy atom. The fourth-order valence-corrected chi connectivity index (χ4v) is 4.67. The van der Waals surface area contributed by atoms with Gasteiger partial charge in [0.1, 0.15) is 5.75 Å². The first kappa shape index (κ1) is 20.5. The van der Waals surface area contributed by atoms with E-state index in [1.807, 2.05) is 43.6 Å². The molecule has 1 aliphatic heterocycles. The lowest BCUT2D eigenvalue weighted by atomic mass is 9.85. The number of aromatic amines is 1. The Morgan fingerprint density at radius 1 is 1.27 bits per heavy atom. The van der Waals surface area contributed by atoms with Crippen molar-refractivity contribution in [2.45, 2.75) is 45.1 Å². The van der Waals surface area contributed by atoms with Gasteiger partial charge >= 0.3 is 0 Å². The summed E-state index contributed by atoms with van der Waals surface area (Å²) in [5.41, 5.74) is 5.43. The summed E-state index contributed by atoms with van der Waals surface area (Å²) in [5, 5.41) is 1.14. The second-order valence-corrected chi connectivity index (χ2v) is 7.85. The van der Waals surface area contributed by atoms with E-state index < -0.39 is 6.43 Å². The number of halogens is 2. The standard InChI is InChI=1S/C25H28F2N2O/c1-4-16-12-17-10-11-29(5-2)24(21(17)14-22(16)25(26)27)9-6-18-15-28-23-8-7-19(30-3)13-20(18)23/h5,7-8,12-15,24-25,28H,2,4,6,9-11H2,1,3H3. The highest BCUT2D eigenvalue weighted by Gasteiger charge is 2.28. The van der Waals surface area contributed by atoms with Crippen LogP contribution in [0.3, 0.4) is 0 Å². The zero-order valence-corrected chi connectivity index (χ0v) is 17.6. The van der Waals surface area contributed by atoms with Crippen molar-refractivity contribution in [2.24, 2.45) is 0 Å². The number of rotatable bonds is 7. The molecule has 0 saturated carbocycles.